The molecule has 0 aliphatic carbocycles. The second-order valence-corrected chi connectivity index (χ2v) is 7.68. The number of halogens is 6. The molecular weight excluding hydrogens is 440 g/mol. The Labute approximate surface area is 167 Å². The van der Waals surface area contributed by atoms with Crippen molar-refractivity contribution in [1.29, 1.82) is 0 Å². The van der Waals surface area contributed by atoms with Crippen molar-refractivity contribution < 1.29 is 39.6 Å². The Balaban J connectivity index is 2.02. The summed E-state index contributed by atoms with van der Waals surface area (Å²) in [5, 5.41) is 9.18. The molecule has 2 aromatic rings. The maximum atomic E-state index is 12.8. The minimum absolute atomic E-state index is 0.0222. The maximum Gasteiger partial charge on any atom is 0.416 e. The van der Waals surface area contributed by atoms with Gasteiger partial charge in [-0.2, -0.15) is 26.3 Å². The Kier molecular flexibility index (Phi) is 6.67. The number of primary sulfonamides is 1. The average Bonchev–Trinajstić information content (AvgIpc) is 2.59. The Hall–Kier alpha value is -2.80. The highest BCUT2D eigenvalue weighted by Crippen LogP contribution is 2.37. The van der Waals surface area contributed by atoms with Crippen molar-refractivity contribution in [2.24, 2.45) is 5.14 Å². The molecule has 0 saturated carbocycles. The number of carbonyl (C=O) groups is 1. The summed E-state index contributed by atoms with van der Waals surface area (Å²) in [5.41, 5.74) is -3.17. The molecule has 2 amide bonds. The Morgan fingerprint density at radius 2 is 1.40 bits per heavy atom. The Bertz CT molecular complexity index is 986. The summed E-state index contributed by atoms with van der Waals surface area (Å²) in [5.74, 6) is 0. The molecular formula is C17H15F6N3O3S. The topological polar surface area (TPSA) is 101 Å². The number of urea groups is 1. The zero-order chi connectivity index (χ0) is 22.7. The normalized spacial score (nSPS) is 12.5. The van der Waals surface area contributed by atoms with Crippen molar-refractivity contribution in [2.75, 3.05) is 11.9 Å². The SMILES string of the molecule is NS(=O)(=O)c1ccc(CCNC(=O)Nc2cc(C(F)(F)F)cc(C(F)(F)F)c2)cc1. The van der Waals surface area contributed by atoms with Gasteiger partial charge in [-0.3, -0.25) is 0 Å². The summed E-state index contributed by atoms with van der Waals surface area (Å²) < 4.78 is 99.3. The molecule has 0 saturated heterocycles. The number of hydrogen-bond acceptors (Lipinski definition) is 3. The fourth-order valence-electron chi connectivity index (χ4n) is 2.37. The van der Waals surface area contributed by atoms with Gasteiger partial charge >= 0.3 is 18.4 Å². The van der Waals surface area contributed by atoms with Gasteiger partial charge in [0, 0.05) is 12.2 Å². The number of carbonyl (C=O) groups excluding carboxylic acids is 1. The molecule has 0 aromatic heterocycles. The predicted molar refractivity (Wildman–Crippen MR) is 95.0 cm³/mol. The summed E-state index contributed by atoms with van der Waals surface area (Å²) >= 11 is 0. The van der Waals surface area contributed by atoms with E-state index in [9.17, 15) is 39.6 Å². The van der Waals surface area contributed by atoms with Gasteiger partial charge in [-0.1, -0.05) is 12.1 Å². The van der Waals surface area contributed by atoms with E-state index in [1.807, 2.05) is 5.32 Å². The molecule has 4 N–H and O–H groups in total. The van der Waals surface area contributed by atoms with Crippen LogP contribution in [-0.4, -0.2) is 21.0 Å². The van der Waals surface area contributed by atoms with E-state index >= 15 is 0 Å². The summed E-state index contributed by atoms with van der Waals surface area (Å²) in [6, 6.07) is 5.13. The van der Waals surface area contributed by atoms with Gasteiger partial charge in [0.2, 0.25) is 10.0 Å². The lowest BCUT2D eigenvalue weighted by Gasteiger charge is -2.15. The lowest BCUT2D eigenvalue weighted by molar-refractivity contribution is -0.143. The van der Waals surface area contributed by atoms with Crippen LogP contribution in [0.25, 0.3) is 0 Å². The summed E-state index contributed by atoms with van der Waals surface area (Å²) in [6.07, 6.45) is -9.84. The van der Waals surface area contributed by atoms with Crippen molar-refractivity contribution >= 4 is 21.7 Å². The number of hydrogen-bond donors (Lipinski definition) is 3. The van der Waals surface area contributed by atoms with E-state index in [-0.39, 0.29) is 23.9 Å². The molecule has 13 heteroatoms. The zero-order valence-corrected chi connectivity index (χ0v) is 15.8. The minimum Gasteiger partial charge on any atom is -0.338 e. The number of nitrogens with two attached hydrogens (primary N) is 1. The van der Waals surface area contributed by atoms with Crippen molar-refractivity contribution in [2.45, 2.75) is 23.7 Å². The van der Waals surface area contributed by atoms with Gasteiger partial charge in [-0.25, -0.2) is 18.4 Å². The quantitative estimate of drug-likeness (QED) is 0.599. The fourth-order valence-corrected chi connectivity index (χ4v) is 2.88. The highest BCUT2D eigenvalue weighted by atomic mass is 32.2. The number of anilines is 1. The van der Waals surface area contributed by atoms with Crippen LogP contribution < -0.4 is 15.8 Å². The summed E-state index contributed by atoms with van der Waals surface area (Å²) in [6.45, 7) is -0.0222. The molecule has 0 unspecified atom stereocenters. The van der Waals surface area contributed by atoms with Crippen LogP contribution in [0.3, 0.4) is 0 Å². The first-order valence-electron chi connectivity index (χ1n) is 8.12. The number of sulfonamides is 1. The van der Waals surface area contributed by atoms with Crippen LogP contribution in [0.5, 0.6) is 0 Å². The van der Waals surface area contributed by atoms with Crippen LogP contribution in [-0.2, 0) is 28.8 Å². The summed E-state index contributed by atoms with van der Waals surface area (Å²) in [7, 11) is -3.86. The zero-order valence-electron chi connectivity index (χ0n) is 14.9. The smallest absolute Gasteiger partial charge is 0.338 e. The lowest BCUT2D eigenvalue weighted by Crippen LogP contribution is -2.30. The number of amides is 2. The van der Waals surface area contributed by atoms with Crippen LogP contribution in [0.4, 0.5) is 36.8 Å². The monoisotopic (exact) mass is 455 g/mol. The van der Waals surface area contributed by atoms with Gasteiger partial charge in [0.1, 0.15) is 0 Å². The van der Waals surface area contributed by atoms with Gasteiger partial charge in [0.05, 0.1) is 16.0 Å². The van der Waals surface area contributed by atoms with E-state index < -0.39 is 45.2 Å². The van der Waals surface area contributed by atoms with Gasteiger partial charge < -0.3 is 10.6 Å². The first-order chi connectivity index (χ1) is 13.7. The molecule has 0 fully saturated rings. The molecule has 2 aromatic carbocycles. The number of benzene rings is 2. The second kappa shape index (κ2) is 8.52. The van der Waals surface area contributed by atoms with Gasteiger partial charge in [0.15, 0.2) is 0 Å². The number of nitrogens with one attached hydrogen (secondary N) is 2. The molecule has 0 spiro atoms. The molecule has 0 aliphatic rings. The van der Waals surface area contributed by atoms with Crippen LogP contribution in [0.15, 0.2) is 47.4 Å². The molecule has 6 nitrogen and oxygen atoms in total. The highest BCUT2D eigenvalue weighted by Gasteiger charge is 2.37. The standard InChI is InChI=1S/C17H15F6N3O3S/c18-16(19,20)11-7-12(17(21,22)23)9-13(8-11)26-15(27)25-6-5-10-1-3-14(4-2-10)30(24,28)29/h1-4,7-9H,5-6H2,(H2,24,28,29)(H2,25,26,27). The molecule has 0 aliphatic heterocycles. The molecule has 2 rings (SSSR count). The van der Waals surface area contributed by atoms with Crippen molar-refractivity contribution in [3.05, 3.63) is 59.2 Å². The predicted octanol–water partition coefficient (Wildman–Crippen LogP) is 3.74. The first kappa shape index (κ1) is 23.5. The van der Waals surface area contributed by atoms with Crippen LogP contribution in [0.1, 0.15) is 16.7 Å². The minimum atomic E-state index is -5.03. The first-order valence-corrected chi connectivity index (χ1v) is 9.67. The molecule has 30 heavy (non-hydrogen) atoms. The van der Waals surface area contributed by atoms with E-state index in [4.69, 9.17) is 5.14 Å². The molecule has 0 bridgehead atoms. The number of alkyl halides is 6. The van der Waals surface area contributed by atoms with E-state index in [1.54, 1.807) is 0 Å². The maximum absolute atomic E-state index is 12.8. The van der Waals surface area contributed by atoms with Gasteiger partial charge in [-0.05, 0) is 42.3 Å². The lowest BCUT2D eigenvalue weighted by atomic mass is 10.1. The van der Waals surface area contributed by atoms with E-state index in [0.29, 0.717) is 17.7 Å². The van der Waals surface area contributed by atoms with Crippen LogP contribution in [0.2, 0.25) is 0 Å². The second-order valence-electron chi connectivity index (χ2n) is 6.11. The molecule has 0 heterocycles. The van der Waals surface area contributed by atoms with Crippen molar-refractivity contribution in [3.63, 3.8) is 0 Å². The van der Waals surface area contributed by atoms with Crippen molar-refractivity contribution in [1.82, 2.24) is 5.32 Å². The van der Waals surface area contributed by atoms with Gasteiger partial charge in [-0.15, -0.1) is 0 Å². The molecule has 0 radical (unpaired) electrons. The fraction of sp³-hybridized carbons (Fsp3) is 0.235. The van der Waals surface area contributed by atoms with Crippen LogP contribution in [0, 0.1) is 0 Å². The van der Waals surface area contributed by atoms with E-state index in [0.717, 1.165) is 0 Å². The molecule has 164 valence electrons. The average molecular weight is 455 g/mol. The third-order valence-electron chi connectivity index (χ3n) is 3.80. The number of rotatable bonds is 5. The van der Waals surface area contributed by atoms with Crippen LogP contribution >= 0.6 is 0 Å². The largest absolute Gasteiger partial charge is 0.416 e. The van der Waals surface area contributed by atoms with Crippen molar-refractivity contribution in [3.8, 4) is 0 Å². The highest BCUT2D eigenvalue weighted by molar-refractivity contribution is 7.89. The Morgan fingerprint density at radius 3 is 1.83 bits per heavy atom. The van der Waals surface area contributed by atoms with Gasteiger partial charge in [0.25, 0.3) is 0 Å². The van der Waals surface area contributed by atoms with E-state index in [2.05, 4.69) is 5.32 Å². The third kappa shape index (κ3) is 6.62. The summed E-state index contributed by atoms with van der Waals surface area (Å²) in [4.78, 5) is 11.7. The molecule has 0 atom stereocenters. The Morgan fingerprint density at radius 1 is 0.900 bits per heavy atom. The third-order valence-corrected chi connectivity index (χ3v) is 4.73. The van der Waals surface area contributed by atoms with E-state index in [1.165, 1.54) is 24.3 Å².